The van der Waals surface area contributed by atoms with Crippen LogP contribution in [-0.4, -0.2) is 11.6 Å². The van der Waals surface area contributed by atoms with Gasteiger partial charge in [0.1, 0.15) is 5.78 Å². The van der Waals surface area contributed by atoms with E-state index in [2.05, 4.69) is 0 Å². The lowest BCUT2D eigenvalue weighted by Gasteiger charge is -2.03. The Labute approximate surface area is 89.3 Å². The Bertz CT molecular complexity index is 403. The summed E-state index contributed by atoms with van der Waals surface area (Å²) in [6.45, 7) is 1.90. The van der Waals surface area contributed by atoms with E-state index in [0.29, 0.717) is 5.56 Å². The van der Waals surface area contributed by atoms with Crippen molar-refractivity contribution in [3.8, 4) is 0 Å². The van der Waals surface area contributed by atoms with Gasteiger partial charge < -0.3 is 0 Å². The van der Waals surface area contributed by atoms with Gasteiger partial charge in [-0.2, -0.15) is 0 Å². The maximum atomic E-state index is 11.8. The van der Waals surface area contributed by atoms with Gasteiger partial charge in [0.25, 0.3) is 0 Å². The standard InChI is InChI=1S/C13H14O2/c1-9-4-2-3-5-11(9)13(15)8-12(14)10-6-7-10/h2-5,10H,6-8H2,1H3. The zero-order chi connectivity index (χ0) is 10.8. The molecule has 0 unspecified atom stereocenters. The Kier molecular flexibility index (Phi) is 2.67. The molecule has 1 saturated carbocycles. The fourth-order valence-corrected chi connectivity index (χ4v) is 1.69. The second-order valence-corrected chi connectivity index (χ2v) is 4.16. The van der Waals surface area contributed by atoms with Gasteiger partial charge in [0.2, 0.25) is 0 Å². The molecule has 0 atom stereocenters. The highest BCUT2D eigenvalue weighted by Crippen LogP contribution is 2.31. The van der Waals surface area contributed by atoms with E-state index in [1.54, 1.807) is 6.07 Å². The van der Waals surface area contributed by atoms with Crippen molar-refractivity contribution >= 4 is 11.6 Å². The topological polar surface area (TPSA) is 34.1 Å². The third-order valence-electron chi connectivity index (χ3n) is 2.81. The van der Waals surface area contributed by atoms with Crippen molar-refractivity contribution < 1.29 is 9.59 Å². The highest BCUT2D eigenvalue weighted by molar-refractivity contribution is 6.09. The van der Waals surface area contributed by atoms with Gasteiger partial charge in [0.05, 0.1) is 6.42 Å². The lowest BCUT2D eigenvalue weighted by Crippen LogP contribution is -2.10. The zero-order valence-electron chi connectivity index (χ0n) is 8.82. The largest absolute Gasteiger partial charge is 0.299 e. The first-order valence-corrected chi connectivity index (χ1v) is 5.30. The minimum atomic E-state index is -0.0370. The molecular weight excluding hydrogens is 188 g/mol. The van der Waals surface area contributed by atoms with E-state index >= 15 is 0 Å². The Morgan fingerprint density at radius 3 is 2.53 bits per heavy atom. The molecule has 78 valence electrons. The summed E-state index contributed by atoms with van der Waals surface area (Å²) in [5, 5.41) is 0. The predicted molar refractivity (Wildman–Crippen MR) is 57.9 cm³/mol. The van der Waals surface area contributed by atoms with Crippen molar-refractivity contribution in [2.45, 2.75) is 26.2 Å². The van der Waals surface area contributed by atoms with Gasteiger partial charge >= 0.3 is 0 Å². The molecule has 0 spiro atoms. The van der Waals surface area contributed by atoms with Crippen molar-refractivity contribution in [3.63, 3.8) is 0 Å². The maximum Gasteiger partial charge on any atom is 0.170 e. The number of Topliss-reactive ketones (excluding diaryl/α,β-unsaturated/α-hetero) is 2. The van der Waals surface area contributed by atoms with E-state index in [-0.39, 0.29) is 23.9 Å². The van der Waals surface area contributed by atoms with Crippen LogP contribution in [-0.2, 0) is 4.79 Å². The molecule has 2 rings (SSSR count). The number of aryl methyl sites for hydroxylation is 1. The summed E-state index contributed by atoms with van der Waals surface area (Å²) >= 11 is 0. The van der Waals surface area contributed by atoms with Crippen LogP contribution in [0.1, 0.15) is 35.2 Å². The van der Waals surface area contributed by atoms with Crippen LogP contribution in [0.4, 0.5) is 0 Å². The molecule has 0 aromatic heterocycles. The van der Waals surface area contributed by atoms with Crippen LogP contribution in [0, 0.1) is 12.8 Å². The highest BCUT2D eigenvalue weighted by atomic mass is 16.1. The Morgan fingerprint density at radius 1 is 1.27 bits per heavy atom. The second kappa shape index (κ2) is 3.97. The second-order valence-electron chi connectivity index (χ2n) is 4.16. The average Bonchev–Trinajstić information content (AvgIpc) is 3.01. The molecule has 1 aliphatic rings. The lowest BCUT2D eigenvalue weighted by atomic mass is 10.00. The molecule has 2 nitrogen and oxygen atoms in total. The van der Waals surface area contributed by atoms with E-state index in [1.165, 1.54) is 0 Å². The average molecular weight is 202 g/mol. The number of carbonyl (C=O) groups is 2. The normalized spacial score (nSPS) is 15.0. The van der Waals surface area contributed by atoms with Crippen LogP contribution in [0.15, 0.2) is 24.3 Å². The Balaban J connectivity index is 2.07. The van der Waals surface area contributed by atoms with Crippen LogP contribution >= 0.6 is 0 Å². The van der Waals surface area contributed by atoms with E-state index in [0.717, 1.165) is 18.4 Å². The monoisotopic (exact) mass is 202 g/mol. The molecule has 0 N–H and O–H groups in total. The summed E-state index contributed by atoms with van der Waals surface area (Å²) < 4.78 is 0. The van der Waals surface area contributed by atoms with Crippen molar-refractivity contribution in [3.05, 3.63) is 35.4 Å². The minimum Gasteiger partial charge on any atom is -0.299 e. The third-order valence-corrected chi connectivity index (χ3v) is 2.81. The number of rotatable bonds is 4. The molecular formula is C13H14O2. The van der Waals surface area contributed by atoms with E-state index in [4.69, 9.17) is 0 Å². The van der Waals surface area contributed by atoms with Gasteiger partial charge in [0, 0.05) is 11.5 Å². The number of ketones is 2. The van der Waals surface area contributed by atoms with Crippen LogP contribution in [0.25, 0.3) is 0 Å². The molecule has 15 heavy (non-hydrogen) atoms. The summed E-state index contributed by atoms with van der Waals surface area (Å²) in [4.78, 5) is 23.3. The van der Waals surface area contributed by atoms with E-state index in [9.17, 15) is 9.59 Å². The zero-order valence-corrected chi connectivity index (χ0v) is 8.82. The molecule has 1 fully saturated rings. The van der Waals surface area contributed by atoms with Gasteiger partial charge in [0.15, 0.2) is 5.78 Å². The number of hydrogen-bond acceptors (Lipinski definition) is 2. The molecule has 1 aromatic carbocycles. The quantitative estimate of drug-likeness (QED) is 0.555. The first-order chi connectivity index (χ1) is 7.18. The van der Waals surface area contributed by atoms with Crippen molar-refractivity contribution in [1.82, 2.24) is 0 Å². The summed E-state index contributed by atoms with van der Waals surface area (Å²) in [5.74, 6) is 0.256. The van der Waals surface area contributed by atoms with Gasteiger partial charge in [-0.05, 0) is 25.3 Å². The summed E-state index contributed by atoms with van der Waals surface area (Å²) in [5.41, 5.74) is 1.64. The maximum absolute atomic E-state index is 11.8. The van der Waals surface area contributed by atoms with E-state index < -0.39 is 0 Å². The molecule has 2 heteroatoms. The molecule has 0 saturated heterocycles. The summed E-state index contributed by atoms with van der Waals surface area (Å²) in [7, 11) is 0. The fraction of sp³-hybridized carbons (Fsp3) is 0.385. The van der Waals surface area contributed by atoms with E-state index in [1.807, 2.05) is 25.1 Å². The third kappa shape index (κ3) is 2.32. The SMILES string of the molecule is Cc1ccccc1C(=O)CC(=O)C1CC1. The predicted octanol–water partition coefficient (Wildman–Crippen LogP) is 2.55. The number of hydrogen-bond donors (Lipinski definition) is 0. The minimum absolute atomic E-state index is 0.0370. The Hall–Kier alpha value is -1.44. The first kappa shape index (κ1) is 10.1. The van der Waals surface area contributed by atoms with Gasteiger partial charge in [-0.25, -0.2) is 0 Å². The molecule has 0 radical (unpaired) electrons. The molecule has 0 bridgehead atoms. The van der Waals surface area contributed by atoms with Crippen LogP contribution in [0.5, 0.6) is 0 Å². The van der Waals surface area contributed by atoms with Crippen molar-refractivity contribution in [2.75, 3.05) is 0 Å². The van der Waals surface area contributed by atoms with Crippen molar-refractivity contribution in [2.24, 2.45) is 5.92 Å². The molecule has 1 aromatic rings. The van der Waals surface area contributed by atoms with Gasteiger partial charge in [-0.1, -0.05) is 24.3 Å². The fourth-order valence-electron chi connectivity index (χ4n) is 1.69. The summed E-state index contributed by atoms with van der Waals surface area (Å²) in [6.07, 6.45) is 2.02. The van der Waals surface area contributed by atoms with Crippen molar-refractivity contribution in [1.29, 1.82) is 0 Å². The summed E-state index contributed by atoms with van der Waals surface area (Å²) in [6, 6.07) is 7.42. The number of carbonyl (C=O) groups excluding carboxylic acids is 2. The molecule has 0 aliphatic heterocycles. The smallest absolute Gasteiger partial charge is 0.170 e. The van der Waals surface area contributed by atoms with Crippen LogP contribution in [0.2, 0.25) is 0 Å². The molecule has 0 amide bonds. The first-order valence-electron chi connectivity index (χ1n) is 5.30. The highest BCUT2D eigenvalue weighted by Gasteiger charge is 2.30. The van der Waals surface area contributed by atoms with Gasteiger partial charge in [-0.15, -0.1) is 0 Å². The molecule has 0 heterocycles. The molecule has 1 aliphatic carbocycles. The van der Waals surface area contributed by atoms with Crippen LogP contribution in [0.3, 0.4) is 0 Å². The number of benzene rings is 1. The Morgan fingerprint density at radius 2 is 1.93 bits per heavy atom. The van der Waals surface area contributed by atoms with Gasteiger partial charge in [-0.3, -0.25) is 9.59 Å². The lowest BCUT2D eigenvalue weighted by molar-refractivity contribution is -0.119. The van der Waals surface area contributed by atoms with Crippen LogP contribution < -0.4 is 0 Å².